The molecule has 0 aromatic carbocycles. The van der Waals surface area contributed by atoms with Crippen LogP contribution in [-0.2, 0) is 4.79 Å². The Morgan fingerprint density at radius 1 is 1.07 bits per heavy atom. The highest BCUT2D eigenvalue weighted by Gasteiger charge is 2.11. The van der Waals surface area contributed by atoms with Crippen LogP contribution in [0.4, 0.5) is 0 Å². The molecule has 0 atom stereocenters. The molecule has 0 radical (unpaired) electrons. The highest BCUT2D eigenvalue weighted by atomic mass is 16.1. The summed E-state index contributed by atoms with van der Waals surface area (Å²) in [6.07, 6.45) is 2.71. The normalized spacial score (nSPS) is 10.9. The van der Waals surface area contributed by atoms with Crippen molar-refractivity contribution in [3.63, 3.8) is 0 Å². The van der Waals surface area contributed by atoms with Crippen LogP contribution < -0.4 is 0 Å². The zero-order valence-electron chi connectivity index (χ0n) is 11.1. The van der Waals surface area contributed by atoms with Crippen molar-refractivity contribution < 1.29 is 4.79 Å². The summed E-state index contributed by atoms with van der Waals surface area (Å²) in [5.41, 5.74) is 0.522. The molecular formula is C13H28O. The summed E-state index contributed by atoms with van der Waals surface area (Å²) in [5, 5.41) is 0. The fourth-order valence-electron chi connectivity index (χ4n) is 1.47. The van der Waals surface area contributed by atoms with E-state index in [1.54, 1.807) is 0 Å². The Labute approximate surface area is 90.3 Å². The van der Waals surface area contributed by atoms with E-state index in [-0.39, 0.29) is 0 Å². The molecule has 0 aromatic rings. The van der Waals surface area contributed by atoms with E-state index in [4.69, 9.17) is 0 Å². The van der Waals surface area contributed by atoms with E-state index < -0.39 is 0 Å². The van der Waals surface area contributed by atoms with E-state index in [2.05, 4.69) is 34.6 Å². The van der Waals surface area contributed by atoms with Gasteiger partial charge in [0.15, 0.2) is 0 Å². The zero-order chi connectivity index (χ0) is 11.8. The van der Waals surface area contributed by atoms with Gasteiger partial charge in [-0.25, -0.2) is 0 Å². The predicted octanol–water partition coefficient (Wildman–Crippen LogP) is 4.45. The minimum atomic E-state index is 0.343. The van der Waals surface area contributed by atoms with Crippen LogP contribution in [0, 0.1) is 11.3 Å². The van der Waals surface area contributed by atoms with Crippen molar-refractivity contribution in [2.75, 3.05) is 0 Å². The molecule has 1 heteroatoms. The molecule has 86 valence electrons. The lowest BCUT2D eigenvalue weighted by molar-refractivity contribution is -0.118. The third-order valence-corrected chi connectivity index (χ3v) is 1.81. The fourth-order valence-corrected chi connectivity index (χ4v) is 1.47. The molecule has 0 saturated heterocycles. The molecule has 0 N–H and O–H groups in total. The molecule has 0 fully saturated rings. The number of Topliss-reactive ketones (excluding diaryl/α,β-unsaturated/α-hetero) is 1. The maximum Gasteiger partial charge on any atom is 0.132 e. The maximum absolute atomic E-state index is 10.2. The first kappa shape index (κ1) is 16.1. The lowest BCUT2D eigenvalue weighted by atomic mass is 9.86. The van der Waals surface area contributed by atoms with Crippen LogP contribution in [0.25, 0.3) is 0 Å². The van der Waals surface area contributed by atoms with E-state index in [1.165, 1.54) is 6.42 Å². The van der Waals surface area contributed by atoms with Gasteiger partial charge in [0.25, 0.3) is 0 Å². The van der Waals surface area contributed by atoms with Crippen molar-refractivity contribution >= 4 is 5.78 Å². The number of carbonyl (C=O) groups excluding carboxylic acids is 1. The lowest BCUT2D eigenvalue weighted by Crippen LogP contribution is -2.08. The van der Waals surface area contributed by atoms with Gasteiger partial charge in [-0.2, -0.15) is 0 Å². The summed E-state index contributed by atoms with van der Waals surface area (Å²) in [6, 6.07) is 0. The van der Waals surface area contributed by atoms with Crippen molar-refractivity contribution in [2.45, 2.75) is 67.7 Å². The van der Waals surface area contributed by atoms with Gasteiger partial charge in [-0.1, -0.05) is 48.5 Å². The van der Waals surface area contributed by atoms with Gasteiger partial charge in [0.05, 0.1) is 0 Å². The van der Waals surface area contributed by atoms with Crippen LogP contribution in [0.5, 0.6) is 0 Å². The summed E-state index contributed by atoms with van der Waals surface area (Å²) >= 11 is 0. The summed E-state index contributed by atoms with van der Waals surface area (Å²) in [6.45, 7) is 15.2. The van der Waals surface area contributed by atoms with Gasteiger partial charge in [0.2, 0.25) is 0 Å². The molecule has 1 nitrogen and oxygen atoms in total. The average molecular weight is 200 g/mol. The first-order valence-corrected chi connectivity index (χ1v) is 5.74. The Hall–Kier alpha value is -0.330. The second-order valence-electron chi connectivity index (χ2n) is 5.40. The van der Waals surface area contributed by atoms with Crippen LogP contribution in [0.1, 0.15) is 67.7 Å². The third kappa shape index (κ3) is 17.7. The molecule has 0 saturated carbocycles. The van der Waals surface area contributed by atoms with E-state index in [0.717, 1.165) is 5.92 Å². The summed E-state index contributed by atoms with van der Waals surface area (Å²) in [7, 11) is 0. The zero-order valence-corrected chi connectivity index (χ0v) is 11.1. The van der Waals surface area contributed by atoms with Gasteiger partial charge in [0.1, 0.15) is 5.78 Å². The first-order valence-electron chi connectivity index (χ1n) is 5.74. The van der Waals surface area contributed by atoms with Crippen molar-refractivity contribution in [3.8, 4) is 0 Å². The number of rotatable bonds is 3. The largest absolute Gasteiger partial charge is 0.300 e. The first-order chi connectivity index (χ1) is 6.22. The Balaban J connectivity index is 0. The van der Waals surface area contributed by atoms with Crippen molar-refractivity contribution in [2.24, 2.45) is 11.3 Å². The van der Waals surface area contributed by atoms with Crippen molar-refractivity contribution in [1.29, 1.82) is 0 Å². The topological polar surface area (TPSA) is 17.1 Å². The van der Waals surface area contributed by atoms with E-state index in [0.29, 0.717) is 24.0 Å². The molecule has 0 aliphatic rings. The van der Waals surface area contributed by atoms with Gasteiger partial charge >= 0.3 is 0 Å². The van der Waals surface area contributed by atoms with Crippen LogP contribution in [0.2, 0.25) is 0 Å². The highest BCUT2D eigenvalue weighted by molar-refractivity contribution is 5.77. The smallest absolute Gasteiger partial charge is 0.132 e. The molecule has 0 bridgehead atoms. The molecule has 0 amide bonds. The van der Waals surface area contributed by atoms with Crippen LogP contribution in [0.3, 0.4) is 0 Å². The monoisotopic (exact) mass is 200 g/mol. The predicted molar refractivity (Wildman–Crippen MR) is 64.5 cm³/mol. The molecule has 0 unspecified atom stereocenters. The Bertz CT molecular complexity index is 134. The van der Waals surface area contributed by atoms with Crippen LogP contribution >= 0.6 is 0 Å². The quantitative estimate of drug-likeness (QED) is 0.657. The Kier molecular flexibility index (Phi) is 9.23. The van der Waals surface area contributed by atoms with E-state index >= 15 is 0 Å². The van der Waals surface area contributed by atoms with Gasteiger partial charge in [-0.3, -0.25) is 4.79 Å². The van der Waals surface area contributed by atoms with Crippen LogP contribution in [-0.4, -0.2) is 5.78 Å². The second-order valence-corrected chi connectivity index (χ2v) is 5.40. The van der Waals surface area contributed by atoms with E-state index in [9.17, 15) is 4.79 Å². The standard InChI is InChI=1S/C8H18.C5H10O/c1-7(2)6-8(3,4)5;1-3-5(6)4-2/h7H,6H2,1-5H3;3-4H2,1-2H3. The lowest BCUT2D eigenvalue weighted by Gasteiger charge is -2.19. The number of hydrogen-bond donors (Lipinski definition) is 0. The number of ketones is 1. The molecule has 14 heavy (non-hydrogen) atoms. The maximum atomic E-state index is 10.2. The number of hydrogen-bond acceptors (Lipinski definition) is 1. The van der Waals surface area contributed by atoms with Gasteiger partial charge in [0, 0.05) is 12.8 Å². The van der Waals surface area contributed by atoms with Crippen molar-refractivity contribution in [1.82, 2.24) is 0 Å². The summed E-state index contributed by atoms with van der Waals surface area (Å²) < 4.78 is 0. The highest BCUT2D eigenvalue weighted by Crippen LogP contribution is 2.23. The SMILES string of the molecule is CC(C)CC(C)(C)C.CCC(=O)CC. The average Bonchev–Trinajstić information content (AvgIpc) is 1.99. The molecular weight excluding hydrogens is 172 g/mol. The van der Waals surface area contributed by atoms with Gasteiger partial charge < -0.3 is 0 Å². The Morgan fingerprint density at radius 3 is 1.43 bits per heavy atom. The molecule has 0 rings (SSSR count). The molecule has 0 spiro atoms. The Morgan fingerprint density at radius 2 is 1.43 bits per heavy atom. The van der Waals surface area contributed by atoms with Gasteiger partial charge in [-0.05, 0) is 17.8 Å². The second kappa shape index (κ2) is 8.02. The minimum Gasteiger partial charge on any atom is -0.300 e. The summed E-state index contributed by atoms with van der Waals surface area (Å²) in [5.74, 6) is 1.19. The molecule has 0 aliphatic heterocycles. The molecule has 0 aliphatic carbocycles. The minimum absolute atomic E-state index is 0.343. The fraction of sp³-hybridized carbons (Fsp3) is 0.923. The van der Waals surface area contributed by atoms with Crippen molar-refractivity contribution in [3.05, 3.63) is 0 Å². The van der Waals surface area contributed by atoms with Gasteiger partial charge in [-0.15, -0.1) is 0 Å². The molecule has 0 aromatic heterocycles. The third-order valence-electron chi connectivity index (χ3n) is 1.81. The summed E-state index contributed by atoms with van der Waals surface area (Å²) in [4.78, 5) is 10.2. The number of carbonyl (C=O) groups is 1. The molecule has 0 heterocycles. The van der Waals surface area contributed by atoms with Crippen LogP contribution in [0.15, 0.2) is 0 Å². The van der Waals surface area contributed by atoms with E-state index in [1.807, 2.05) is 13.8 Å².